The van der Waals surface area contributed by atoms with Gasteiger partial charge >= 0.3 is 6.18 Å². The van der Waals surface area contributed by atoms with Crippen molar-refractivity contribution in [3.05, 3.63) is 75.8 Å². The summed E-state index contributed by atoms with van der Waals surface area (Å²) < 4.78 is 39.7. The average molecular weight is 439 g/mol. The minimum absolute atomic E-state index is 0.146. The maximum Gasteiger partial charge on any atom is 0.410 e. The molecule has 0 aliphatic carbocycles. The van der Waals surface area contributed by atoms with Crippen LogP contribution in [0.1, 0.15) is 10.4 Å². The van der Waals surface area contributed by atoms with Crippen LogP contribution in [-0.4, -0.2) is 44.6 Å². The van der Waals surface area contributed by atoms with Crippen molar-refractivity contribution in [3.63, 3.8) is 0 Å². The predicted molar refractivity (Wildman–Crippen MR) is 102 cm³/mol. The van der Waals surface area contributed by atoms with Crippen LogP contribution in [0.25, 0.3) is 16.9 Å². The number of pyridine rings is 1. The predicted octanol–water partition coefficient (Wildman–Crippen LogP) is 2.60. The first-order chi connectivity index (χ1) is 14.2. The maximum atomic E-state index is 12.9. The molecule has 3 aromatic rings. The number of hydrogen-bond donors (Lipinski definition) is 2. The molecule has 0 aliphatic rings. The standard InChI is InChI=1S/C19H14ClF3N4O3/c20-12-5-3-11(4-6-12)15-8-14(17(29)25-16(10-28)19(21,22)23)18(30)27(26-15)13-2-1-7-24-9-13/h1-9,16,28H,10H2,(H,25,29)/t16-/m0/s1. The highest BCUT2D eigenvalue weighted by Gasteiger charge is 2.40. The van der Waals surface area contributed by atoms with E-state index in [-0.39, 0.29) is 11.4 Å². The van der Waals surface area contributed by atoms with Gasteiger partial charge in [0.15, 0.2) is 0 Å². The van der Waals surface area contributed by atoms with Crippen LogP contribution in [0.15, 0.2) is 59.7 Å². The van der Waals surface area contributed by atoms with Gasteiger partial charge in [-0.2, -0.15) is 23.0 Å². The molecule has 2 N–H and O–H groups in total. The number of carbonyl (C=O) groups excluding carboxylic acids is 1. The Balaban J connectivity index is 2.14. The van der Waals surface area contributed by atoms with Gasteiger partial charge in [0.05, 0.1) is 24.2 Å². The van der Waals surface area contributed by atoms with E-state index < -0.39 is 35.9 Å². The molecule has 0 bridgehead atoms. The molecule has 0 saturated heterocycles. The first kappa shape index (κ1) is 21.5. The number of nitrogens with zero attached hydrogens (tertiary/aromatic N) is 3. The van der Waals surface area contributed by atoms with Crippen LogP contribution in [-0.2, 0) is 0 Å². The fraction of sp³-hybridized carbons (Fsp3) is 0.158. The van der Waals surface area contributed by atoms with E-state index in [2.05, 4.69) is 10.1 Å². The molecule has 3 rings (SSSR count). The van der Waals surface area contributed by atoms with Crippen molar-refractivity contribution in [2.24, 2.45) is 0 Å². The van der Waals surface area contributed by atoms with Crippen molar-refractivity contribution in [1.82, 2.24) is 20.1 Å². The van der Waals surface area contributed by atoms with Gasteiger partial charge in [-0.15, -0.1) is 0 Å². The number of nitrogens with one attached hydrogen (secondary N) is 1. The van der Waals surface area contributed by atoms with Gasteiger partial charge in [0.1, 0.15) is 11.6 Å². The summed E-state index contributed by atoms with van der Waals surface area (Å²) in [6.45, 7) is -1.37. The van der Waals surface area contributed by atoms with Gasteiger partial charge in [-0.1, -0.05) is 23.7 Å². The lowest BCUT2D eigenvalue weighted by Crippen LogP contribution is -2.49. The first-order valence-electron chi connectivity index (χ1n) is 8.50. The van der Waals surface area contributed by atoms with E-state index in [0.29, 0.717) is 10.6 Å². The summed E-state index contributed by atoms with van der Waals surface area (Å²) in [5.41, 5.74) is -0.700. The lowest BCUT2D eigenvalue weighted by atomic mass is 10.1. The number of aliphatic hydroxyl groups is 1. The molecule has 1 amide bonds. The van der Waals surface area contributed by atoms with Gasteiger partial charge in [-0.3, -0.25) is 14.6 Å². The van der Waals surface area contributed by atoms with E-state index in [4.69, 9.17) is 16.7 Å². The molecule has 30 heavy (non-hydrogen) atoms. The van der Waals surface area contributed by atoms with E-state index in [1.807, 2.05) is 0 Å². The largest absolute Gasteiger partial charge is 0.410 e. The molecule has 0 aliphatic heterocycles. The van der Waals surface area contributed by atoms with Crippen LogP contribution in [0.3, 0.4) is 0 Å². The highest BCUT2D eigenvalue weighted by molar-refractivity contribution is 6.30. The summed E-state index contributed by atoms with van der Waals surface area (Å²) in [6.07, 6.45) is -2.12. The molecule has 0 fully saturated rings. The second-order valence-corrected chi connectivity index (χ2v) is 6.56. The number of benzene rings is 1. The Kier molecular flexibility index (Phi) is 6.18. The Labute approximate surface area is 172 Å². The minimum atomic E-state index is -4.89. The third-order valence-electron chi connectivity index (χ3n) is 4.07. The zero-order valence-electron chi connectivity index (χ0n) is 15.1. The number of rotatable bonds is 5. The minimum Gasteiger partial charge on any atom is -0.394 e. The number of hydrogen-bond acceptors (Lipinski definition) is 5. The molecule has 0 spiro atoms. The Morgan fingerprint density at radius 2 is 1.93 bits per heavy atom. The van der Waals surface area contributed by atoms with E-state index in [9.17, 15) is 22.8 Å². The van der Waals surface area contributed by atoms with Gasteiger partial charge in [-0.05, 0) is 30.3 Å². The van der Waals surface area contributed by atoms with Crippen LogP contribution >= 0.6 is 11.6 Å². The van der Waals surface area contributed by atoms with E-state index in [0.717, 1.165) is 10.7 Å². The van der Waals surface area contributed by atoms with Crippen LogP contribution in [0, 0.1) is 0 Å². The Morgan fingerprint density at radius 3 is 2.50 bits per heavy atom. The average Bonchev–Trinajstić information content (AvgIpc) is 2.72. The molecule has 2 heterocycles. The Hall–Kier alpha value is -3.24. The number of alkyl halides is 3. The van der Waals surface area contributed by atoms with Crippen molar-refractivity contribution in [2.75, 3.05) is 6.61 Å². The van der Waals surface area contributed by atoms with Gasteiger partial charge in [0.25, 0.3) is 11.5 Å². The van der Waals surface area contributed by atoms with Gasteiger partial charge in [-0.25, -0.2) is 0 Å². The SMILES string of the molecule is O=C(N[C@@H](CO)C(F)(F)F)c1cc(-c2ccc(Cl)cc2)nn(-c2cccnc2)c1=O. The lowest BCUT2D eigenvalue weighted by Gasteiger charge is -2.19. The van der Waals surface area contributed by atoms with Crippen molar-refractivity contribution in [1.29, 1.82) is 0 Å². The van der Waals surface area contributed by atoms with Crippen molar-refractivity contribution < 1.29 is 23.1 Å². The summed E-state index contributed by atoms with van der Waals surface area (Å²) in [5, 5.41) is 15.2. The lowest BCUT2D eigenvalue weighted by molar-refractivity contribution is -0.161. The number of aromatic nitrogens is 3. The molecular formula is C19H14ClF3N4O3. The first-order valence-corrected chi connectivity index (χ1v) is 8.87. The Morgan fingerprint density at radius 1 is 1.23 bits per heavy atom. The number of amides is 1. The topological polar surface area (TPSA) is 97.1 Å². The smallest absolute Gasteiger partial charge is 0.394 e. The molecule has 1 atom stereocenters. The molecule has 2 aromatic heterocycles. The number of aliphatic hydroxyl groups excluding tert-OH is 1. The second kappa shape index (κ2) is 8.64. The zero-order valence-corrected chi connectivity index (χ0v) is 15.9. The summed E-state index contributed by atoms with van der Waals surface area (Å²) in [7, 11) is 0. The number of carbonyl (C=O) groups is 1. The monoisotopic (exact) mass is 438 g/mol. The van der Waals surface area contributed by atoms with Crippen LogP contribution in [0.5, 0.6) is 0 Å². The fourth-order valence-electron chi connectivity index (χ4n) is 2.54. The van der Waals surface area contributed by atoms with E-state index in [1.165, 1.54) is 24.5 Å². The summed E-state index contributed by atoms with van der Waals surface area (Å²) >= 11 is 5.87. The van der Waals surface area contributed by atoms with Crippen LogP contribution < -0.4 is 10.9 Å². The highest BCUT2D eigenvalue weighted by Crippen LogP contribution is 2.22. The van der Waals surface area contributed by atoms with Crippen molar-refractivity contribution >= 4 is 17.5 Å². The second-order valence-electron chi connectivity index (χ2n) is 6.13. The highest BCUT2D eigenvalue weighted by atomic mass is 35.5. The zero-order chi connectivity index (χ0) is 21.9. The fourth-order valence-corrected chi connectivity index (χ4v) is 2.67. The normalized spacial score (nSPS) is 12.4. The molecular weight excluding hydrogens is 425 g/mol. The van der Waals surface area contributed by atoms with Crippen molar-refractivity contribution in [2.45, 2.75) is 12.2 Å². The molecule has 1 aromatic carbocycles. The summed E-state index contributed by atoms with van der Waals surface area (Å²) in [6, 6.07) is 7.87. The van der Waals surface area contributed by atoms with E-state index >= 15 is 0 Å². The molecule has 0 unspecified atom stereocenters. The molecule has 0 radical (unpaired) electrons. The number of halogens is 4. The van der Waals surface area contributed by atoms with E-state index in [1.54, 1.807) is 29.6 Å². The van der Waals surface area contributed by atoms with Crippen LogP contribution in [0.4, 0.5) is 13.2 Å². The maximum absolute atomic E-state index is 12.9. The molecule has 0 saturated carbocycles. The van der Waals surface area contributed by atoms with Gasteiger partial charge in [0.2, 0.25) is 0 Å². The van der Waals surface area contributed by atoms with Crippen molar-refractivity contribution in [3.8, 4) is 16.9 Å². The van der Waals surface area contributed by atoms with Gasteiger partial charge < -0.3 is 10.4 Å². The van der Waals surface area contributed by atoms with Crippen LogP contribution in [0.2, 0.25) is 5.02 Å². The summed E-state index contributed by atoms with van der Waals surface area (Å²) in [5.74, 6) is -1.30. The summed E-state index contributed by atoms with van der Waals surface area (Å²) in [4.78, 5) is 29.2. The Bertz CT molecular complexity index is 1100. The quantitative estimate of drug-likeness (QED) is 0.638. The molecule has 7 nitrogen and oxygen atoms in total. The third-order valence-corrected chi connectivity index (χ3v) is 4.32. The molecule has 11 heteroatoms. The third kappa shape index (κ3) is 4.66. The molecule has 156 valence electrons. The van der Waals surface area contributed by atoms with Gasteiger partial charge in [0, 0.05) is 16.8 Å².